The van der Waals surface area contributed by atoms with Crippen molar-refractivity contribution in [3.8, 4) is 0 Å². The monoisotopic (exact) mass is 236 g/mol. The Bertz CT molecular complexity index is 803. The molecule has 0 aliphatic heterocycles. The Morgan fingerprint density at radius 2 is 1.74 bits per heavy atom. The fourth-order valence-corrected chi connectivity index (χ4v) is 2.91. The molecule has 19 heavy (non-hydrogen) atoms. The van der Waals surface area contributed by atoms with Crippen LogP contribution in [-0.4, -0.2) is 0 Å². The number of fused-ring (bicyclic) bond motifs is 3. The van der Waals surface area contributed by atoms with Crippen molar-refractivity contribution >= 4 is 27.1 Å². The fraction of sp³-hybridized carbons (Fsp3) is 0.0556. The maximum absolute atomic E-state index is 2.32. The first-order valence-electron chi connectivity index (χ1n) is 6.37. The van der Waals surface area contributed by atoms with Crippen LogP contribution in [0.3, 0.4) is 0 Å². The van der Waals surface area contributed by atoms with Gasteiger partial charge < -0.3 is 0 Å². The molecule has 0 saturated carbocycles. The van der Waals surface area contributed by atoms with Crippen molar-refractivity contribution in [3.05, 3.63) is 72.3 Å². The Labute approximate surface area is 125 Å². The second-order valence-corrected chi connectivity index (χ2v) is 4.82. The van der Waals surface area contributed by atoms with Gasteiger partial charge in [0.2, 0.25) is 0 Å². The van der Waals surface area contributed by atoms with E-state index in [9.17, 15) is 0 Å². The van der Waals surface area contributed by atoms with Gasteiger partial charge in [0.05, 0.1) is 0 Å². The van der Waals surface area contributed by atoms with Crippen LogP contribution in [0, 0.1) is 0 Å². The van der Waals surface area contributed by atoms with Gasteiger partial charge >= 0.3 is 18.9 Å². The van der Waals surface area contributed by atoms with Gasteiger partial charge in [-0.15, -0.1) is 33.7 Å². The Balaban J connectivity index is 0.00000110. The average Bonchev–Trinajstić information content (AvgIpc) is 3.05. The molecular formula is C18H13Li. The third kappa shape index (κ3) is 1.89. The maximum atomic E-state index is 2.32. The van der Waals surface area contributed by atoms with Crippen LogP contribution in [0.25, 0.3) is 27.1 Å². The van der Waals surface area contributed by atoms with Gasteiger partial charge in [-0.25, -0.2) is 0 Å². The molecule has 86 valence electrons. The number of hydrogen-bond acceptors (Lipinski definition) is 0. The van der Waals surface area contributed by atoms with Crippen molar-refractivity contribution in [1.29, 1.82) is 0 Å². The third-order valence-corrected chi connectivity index (χ3v) is 3.77. The van der Waals surface area contributed by atoms with E-state index in [1.54, 1.807) is 0 Å². The zero-order valence-electron chi connectivity index (χ0n) is 11.1. The molecule has 0 bridgehead atoms. The third-order valence-electron chi connectivity index (χ3n) is 3.77. The van der Waals surface area contributed by atoms with E-state index in [-0.39, 0.29) is 18.9 Å². The van der Waals surface area contributed by atoms with Crippen molar-refractivity contribution in [2.45, 2.75) is 6.42 Å². The molecule has 0 heterocycles. The first-order valence-corrected chi connectivity index (χ1v) is 6.37. The normalized spacial score (nSPS) is 13.8. The molecule has 3 aromatic carbocycles. The SMILES string of the molecule is C1=CCC(c2cccc3c2[cH-]c2ccccc23)=C1.[Li+]. The van der Waals surface area contributed by atoms with Crippen LogP contribution in [0.1, 0.15) is 12.0 Å². The van der Waals surface area contributed by atoms with E-state index in [0.717, 1.165) is 6.42 Å². The average molecular weight is 236 g/mol. The second-order valence-electron chi connectivity index (χ2n) is 4.82. The van der Waals surface area contributed by atoms with Crippen LogP contribution < -0.4 is 18.9 Å². The van der Waals surface area contributed by atoms with Crippen molar-refractivity contribution in [2.75, 3.05) is 0 Å². The summed E-state index contributed by atoms with van der Waals surface area (Å²) in [6.07, 6.45) is 7.65. The van der Waals surface area contributed by atoms with E-state index in [4.69, 9.17) is 0 Å². The fourth-order valence-electron chi connectivity index (χ4n) is 2.91. The molecule has 4 rings (SSSR count). The van der Waals surface area contributed by atoms with Crippen molar-refractivity contribution in [3.63, 3.8) is 0 Å². The van der Waals surface area contributed by atoms with E-state index in [2.05, 4.69) is 66.8 Å². The van der Waals surface area contributed by atoms with E-state index in [1.165, 1.54) is 32.7 Å². The van der Waals surface area contributed by atoms with Crippen molar-refractivity contribution in [1.82, 2.24) is 0 Å². The summed E-state index contributed by atoms with van der Waals surface area (Å²) in [7, 11) is 0. The zero-order valence-corrected chi connectivity index (χ0v) is 11.1. The van der Waals surface area contributed by atoms with Crippen molar-refractivity contribution in [2.24, 2.45) is 0 Å². The molecule has 1 aliphatic carbocycles. The standard InChI is InChI=1S/C18H13.Li/c1-2-7-13(6-1)15-10-5-11-17-16-9-4-3-8-14(16)12-18(15)17;/h1-6,8-12H,7H2;/q-1;+1. The predicted octanol–water partition coefficient (Wildman–Crippen LogP) is 2.06. The van der Waals surface area contributed by atoms with E-state index < -0.39 is 0 Å². The van der Waals surface area contributed by atoms with Crippen LogP contribution in [-0.2, 0) is 0 Å². The number of allylic oxidation sites excluding steroid dienone is 4. The molecule has 0 N–H and O–H groups in total. The summed E-state index contributed by atoms with van der Waals surface area (Å²) in [5.41, 5.74) is 2.81. The first kappa shape index (κ1) is 12.4. The minimum Gasteiger partial charge on any atom is -0.126 e. The Morgan fingerprint density at radius 3 is 2.58 bits per heavy atom. The zero-order chi connectivity index (χ0) is 11.9. The molecule has 0 radical (unpaired) electrons. The summed E-state index contributed by atoms with van der Waals surface area (Å²) >= 11 is 0. The molecule has 1 heteroatoms. The van der Waals surface area contributed by atoms with E-state index in [1.807, 2.05) is 0 Å². The summed E-state index contributed by atoms with van der Waals surface area (Å²) < 4.78 is 0. The van der Waals surface area contributed by atoms with Gasteiger partial charge in [-0.3, -0.25) is 0 Å². The van der Waals surface area contributed by atoms with Gasteiger partial charge in [-0.1, -0.05) is 65.8 Å². The van der Waals surface area contributed by atoms with E-state index in [0.29, 0.717) is 0 Å². The summed E-state index contributed by atoms with van der Waals surface area (Å²) in [6.45, 7) is 0. The maximum Gasteiger partial charge on any atom is 1.00 e. The quantitative estimate of drug-likeness (QED) is 0.448. The molecule has 0 fully saturated rings. The number of hydrogen-bond donors (Lipinski definition) is 0. The smallest absolute Gasteiger partial charge is 0.126 e. The summed E-state index contributed by atoms with van der Waals surface area (Å²) in [6, 6.07) is 17.6. The minimum atomic E-state index is 0. The van der Waals surface area contributed by atoms with Gasteiger partial charge in [-0.2, -0.15) is 0 Å². The topological polar surface area (TPSA) is 0 Å². The summed E-state index contributed by atoms with van der Waals surface area (Å²) in [4.78, 5) is 0. The summed E-state index contributed by atoms with van der Waals surface area (Å²) in [5, 5.41) is 5.46. The Morgan fingerprint density at radius 1 is 0.895 bits per heavy atom. The number of benzene rings is 2. The number of rotatable bonds is 1. The van der Waals surface area contributed by atoms with Crippen LogP contribution in [0.2, 0.25) is 0 Å². The minimum absolute atomic E-state index is 0. The molecule has 0 saturated heterocycles. The Kier molecular flexibility index (Phi) is 3.15. The van der Waals surface area contributed by atoms with E-state index >= 15 is 0 Å². The molecule has 3 aromatic rings. The van der Waals surface area contributed by atoms with Crippen LogP contribution >= 0.6 is 0 Å². The first-order chi connectivity index (χ1) is 8.93. The second kappa shape index (κ2) is 4.81. The molecule has 0 aromatic heterocycles. The van der Waals surface area contributed by atoms with Crippen LogP contribution in [0.15, 0.2) is 66.8 Å². The molecular weight excluding hydrogens is 223 g/mol. The van der Waals surface area contributed by atoms with Gasteiger partial charge in [-0.05, 0) is 6.42 Å². The van der Waals surface area contributed by atoms with Gasteiger partial charge in [0, 0.05) is 0 Å². The van der Waals surface area contributed by atoms with Gasteiger partial charge in [0.1, 0.15) is 0 Å². The van der Waals surface area contributed by atoms with Crippen molar-refractivity contribution < 1.29 is 18.9 Å². The molecule has 1 aliphatic rings. The van der Waals surface area contributed by atoms with Gasteiger partial charge in [0.25, 0.3) is 0 Å². The van der Waals surface area contributed by atoms with Crippen LogP contribution in [0.5, 0.6) is 0 Å². The predicted molar refractivity (Wildman–Crippen MR) is 78.8 cm³/mol. The van der Waals surface area contributed by atoms with Crippen LogP contribution in [0.4, 0.5) is 0 Å². The van der Waals surface area contributed by atoms with Gasteiger partial charge in [0.15, 0.2) is 0 Å². The molecule has 0 atom stereocenters. The largest absolute Gasteiger partial charge is 1.00 e. The molecule has 0 nitrogen and oxygen atoms in total. The summed E-state index contributed by atoms with van der Waals surface area (Å²) in [5.74, 6) is 0. The molecule has 0 spiro atoms. The Hall–Kier alpha value is -1.61. The molecule has 0 unspecified atom stereocenters. The molecule has 0 amide bonds.